The number of carbonyl (C=O) groups is 1. The molecular weight excluding hydrogens is 387 g/mol. The van der Waals surface area contributed by atoms with Crippen molar-refractivity contribution in [3.8, 4) is 11.3 Å². The summed E-state index contributed by atoms with van der Waals surface area (Å²) in [5, 5.41) is 0. The minimum Gasteiger partial charge on any atom is -0.366 e. The smallest absolute Gasteiger partial charge is 0.255 e. The Balaban J connectivity index is 1.63. The zero-order chi connectivity index (χ0) is 21.3. The van der Waals surface area contributed by atoms with Gasteiger partial charge in [0.2, 0.25) is 5.95 Å². The van der Waals surface area contributed by atoms with Gasteiger partial charge in [-0.25, -0.2) is 9.37 Å². The number of ether oxygens (including phenoxy) is 1. The zero-order valence-electron chi connectivity index (χ0n) is 16.7. The van der Waals surface area contributed by atoms with E-state index in [0.717, 1.165) is 5.56 Å². The van der Waals surface area contributed by atoms with Crippen LogP contribution in [0.25, 0.3) is 11.3 Å². The lowest BCUT2D eigenvalue weighted by Gasteiger charge is -2.33. The summed E-state index contributed by atoms with van der Waals surface area (Å²) in [6, 6.07) is 9.32. The quantitative estimate of drug-likeness (QED) is 0.617. The standard InChI is InChI=1S/C22H21FN4O3/c1-14-11-16(3-4-17(14)23)21(29)19-13-27(9-10-30-19)22-25-18(12-20(28)26(22)2)15-5-7-24-8-6-15/h3-8,11-12,19H,9-10,13H2,1-2H3. The van der Waals surface area contributed by atoms with Crippen LogP contribution >= 0.6 is 0 Å². The molecule has 1 saturated heterocycles. The lowest BCUT2D eigenvalue weighted by atomic mass is 10.0. The number of Topliss-reactive ketones (excluding diaryl/α,β-unsaturated/α-hetero) is 1. The van der Waals surface area contributed by atoms with Gasteiger partial charge in [-0.1, -0.05) is 0 Å². The maximum Gasteiger partial charge on any atom is 0.255 e. The fourth-order valence-electron chi connectivity index (χ4n) is 3.45. The lowest BCUT2D eigenvalue weighted by molar-refractivity contribution is 0.0336. The van der Waals surface area contributed by atoms with Crippen LogP contribution < -0.4 is 10.5 Å². The molecule has 0 aliphatic carbocycles. The van der Waals surface area contributed by atoms with Crippen molar-refractivity contribution in [1.82, 2.24) is 14.5 Å². The zero-order valence-corrected chi connectivity index (χ0v) is 16.7. The van der Waals surface area contributed by atoms with Crippen molar-refractivity contribution in [2.45, 2.75) is 13.0 Å². The Kier molecular flexibility index (Phi) is 5.41. The molecule has 8 heteroatoms. The van der Waals surface area contributed by atoms with Crippen LogP contribution in [-0.4, -0.2) is 46.1 Å². The summed E-state index contributed by atoms with van der Waals surface area (Å²) < 4.78 is 20.7. The van der Waals surface area contributed by atoms with E-state index in [1.54, 1.807) is 38.5 Å². The summed E-state index contributed by atoms with van der Waals surface area (Å²) in [6.45, 7) is 2.66. The normalized spacial score (nSPS) is 16.5. The fourth-order valence-corrected chi connectivity index (χ4v) is 3.45. The number of hydrogen-bond donors (Lipinski definition) is 0. The number of benzene rings is 1. The number of carbonyl (C=O) groups excluding carboxylic acids is 1. The Morgan fingerprint density at radius 1 is 1.20 bits per heavy atom. The molecule has 7 nitrogen and oxygen atoms in total. The third-order valence-electron chi connectivity index (χ3n) is 5.17. The van der Waals surface area contributed by atoms with Crippen LogP contribution in [-0.2, 0) is 11.8 Å². The average molecular weight is 408 g/mol. The van der Waals surface area contributed by atoms with Crippen molar-refractivity contribution < 1.29 is 13.9 Å². The number of rotatable bonds is 4. The van der Waals surface area contributed by atoms with E-state index in [0.29, 0.717) is 35.9 Å². The Morgan fingerprint density at radius 3 is 2.70 bits per heavy atom. The number of ketones is 1. The summed E-state index contributed by atoms with van der Waals surface area (Å²) in [4.78, 5) is 36.0. The van der Waals surface area contributed by atoms with Crippen molar-refractivity contribution in [2.24, 2.45) is 7.05 Å². The fraction of sp³-hybridized carbons (Fsp3) is 0.273. The third kappa shape index (κ3) is 3.86. The predicted octanol–water partition coefficient (Wildman–Crippen LogP) is 2.38. The first-order valence-corrected chi connectivity index (χ1v) is 9.59. The van der Waals surface area contributed by atoms with Crippen LogP contribution in [0.4, 0.5) is 10.3 Å². The first kappa shape index (κ1) is 19.9. The Bertz CT molecular complexity index is 1150. The van der Waals surface area contributed by atoms with Crippen LogP contribution in [0.15, 0.2) is 53.6 Å². The molecule has 0 radical (unpaired) electrons. The van der Waals surface area contributed by atoms with Gasteiger partial charge in [0.25, 0.3) is 5.56 Å². The molecule has 3 heterocycles. The summed E-state index contributed by atoms with van der Waals surface area (Å²) in [5.74, 6) is -0.117. The topological polar surface area (TPSA) is 77.3 Å². The van der Waals surface area contributed by atoms with Gasteiger partial charge in [-0.3, -0.25) is 19.1 Å². The van der Waals surface area contributed by atoms with Crippen LogP contribution in [0.2, 0.25) is 0 Å². The van der Waals surface area contributed by atoms with Crippen LogP contribution in [0, 0.1) is 12.7 Å². The number of aryl methyl sites for hydroxylation is 1. The van der Waals surface area contributed by atoms with Crippen LogP contribution in [0.1, 0.15) is 15.9 Å². The highest BCUT2D eigenvalue weighted by Gasteiger charge is 2.29. The highest BCUT2D eigenvalue weighted by molar-refractivity contribution is 6.00. The van der Waals surface area contributed by atoms with E-state index in [1.807, 2.05) is 4.90 Å². The van der Waals surface area contributed by atoms with Crippen LogP contribution in [0.5, 0.6) is 0 Å². The van der Waals surface area contributed by atoms with Gasteiger partial charge in [-0.15, -0.1) is 0 Å². The maximum atomic E-state index is 13.6. The largest absolute Gasteiger partial charge is 0.366 e. The average Bonchev–Trinajstić information content (AvgIpc) is 2.77. The summed E-state index contributed by atoms with van der Waals surface area (Å²) in [7, 11) is 1.65. The van der Waals surface area contributed by atoms with Crippen molar-refractivity contribution in [1.29, 1.82) is 0 Å². The number of halogens is 1. The summed E-state index contributed by atoms with van der Waals surface area (Å²) in [5.41, 5.74) is 1.93. The van der Waals surface area contributed by atoms with Crippen molar-refractivity contribution in [2.75, 3.05) is 24.6 Å². The number of anilines is 1. The highest BCUT2D eigenvalue weighted by Crippen LogP contribution is 2.21. The van der Waals surface area contributed by atoms with Gasteiger partial charge >= 0.3 is 0 Å². The third-order valence-corrected chi connectivity index (χ3v) is 5.17. The van der Waals surface area contributed by atoms with E-state index in [9.17, 15) is 14.0 Å². The molecule has 1 fully saturated rings. The van der Waals surface area contributed by atoms with Gasteiger partial charge in [-0.2, -0.15) is 0 Å². The molecule has 154 valence electrons. The lowest BCUT2D eigenvalue weighted by Crippen LogP contribution is -2.48. The molecule has 1 aliphatic rings. The first-order valence-electron chi connectivity index (χ1n) is 9.59. The van der Waals surface area contributed by atoms with Gasteiger partial charge < -0.3 is 9.64 Å². The molecule has 1 unspecified atom stereocenters. The summed E-state index contributed by atoms with van der Waals surface area (Å²) in [6.07, 6.45) is 2.55. The Hall–Kier alpha value is -3.39. The second-order valence-electron chi connectivity index (χ2n) is 7.21. The summed E-state index contributed by atoms with van der Waals surface area (Å²) >= 11 is 0. The van der Waals surface area contributed by atoms with Crippen molar-refractivity contribution in [3.05, 3.63) is 76.1 Å². The molecule has 0 bridgehead atoms. The molecule has 4 rings (SSSR count). The molecule has 0 amide bonds. The van der Waals surface area contributed by atoms with Gasteiger partial charge in [-0.05, 0) is 42.8 Å². The molecule has 3 aromatic rings. The van der Waals surface area contributed by atoms with E-state index >= 15 is 0 Å². The van der Waals surface area contributed by atoms with Gasteiger partial charge in [0.05, 0.1) is 18.8 Å². The van der Waals surface area contributed by atoms with E-state index in [1.165, 1.54) is 28.8 Å². The van der Waals surface area contributed by atoms with Crippen molar-refractivity contribution >= 4 is 11.7 Å². The molecule has 1 atom stereocenters. The number of pyridine rings is 1. The monoisotopic (exact) mass is 408 g/mol. The molecule has 0 N–H and O–H groups in total. The van der Waals surface area contributed by atoms with Crippen LogP contribution in [0.3, 0.4) is 0 Å². The first-order chi connectivity index (χ1) is 14.4. The highest BCUT2D eigenvalue weighted by atomic mass is 19.1. The van der Waals surface area contributed by atoms with Gasteiger partial charge in [0.15, 0.2) is 5.78 Å². The second-order valence-corrected chi connectivity index (χ2v) is 7.21. The number of morpholine rings is 1. The predicted molar refractivity (Wildman–Crippen MR) is 110 cm³/mol. The molecule has 1 aliphatic heterocycles. The molecule has 1 aromatic carbocycles. The Labute approximate surface area is 172 Å². The number of nitrogens with zero attached hydrogens (tertiary/aromatic N) is 4. The van der Waals surface area contributed by atoms with E-state index < -0.39 is 6.10 Å². The SMILES string of the molecule is Cc1cc(C(=O)C2CN(c3nc(-c4ccncc4)cc(=O)n3C)CCO2)ccc1F. The van der Waals surface area contributed by atoms with Gasteiger partial charge in [0.1, 0.15) is 11.9 Å². The molecule has 2 aromatic heterocycles. The maximum absolute atomic E-state index is 13.6. The van der Waals surface area contributed by atoms with E-state index in [2.05, 4.69) is 9.97 Å². The minimum atomic E-state index is -0.731. The van der Waals surface area contributed by atoms with E-state index in [4.69, 9.17) is 4.74 Å². The molecule has 0 saturated carbocycles. The minimum absolute atomic E-state index is 0.199. The van der Waals surface area contributed by atoms with Crippen molar-refractivity contribution in [3.63, 3.8) is 0 Å². The number of aromatic nitrogens is 3. The number of hydrogen-bond acceptors (Lipinski definition) is 6. The van der Waals surface area contributed by atoms with Gasteiger partial charge in [0, 0.05) is 43.2 Å². The second kappa shape index (κ2) is 8.16. The molecular formula is C22H21FN4O3. The van der Waals surface area contributed by atoms with E-state index in [-0.39, 0.29) is 23.7 Å². The Morgan fingerprint density at radius 2 is 1.97 bits per heavy atom. The molecule has 30 heavy (non-hydrogen) atoms. The molecule has 0 spiro atoms.